The summed E-state index contributed by atoms with van der Waals surface area (Å²) >= 11 is 0. The summed E-state index contributed by atoms with van der Waals surface area (Å²) in [6, 6.07) is 7.57. The minimum Gasteiger partial charge on any atom is -0.314 e. The lowest BCUT2D eigenvalue weighted by molar-refractivity contribution is 0.312. The molecule has 1 aliphatic rings. The smallest absolute Gasteiger partial charge is 0.123 e. The lowest BCUT2D eigenvalue weighted by atomic mass is 9.84. The second-order valence-corrected chi connectivity index (χ2v) is 6.57. The summed E-state index contributed by atoms with van der Waals surface area (Å²) in [5, 5.41) is 3.65. The van der Waals surface area contributed by atoms with Crippen LogP contribution in [0.5, 0.6) is 0 Å². The van der Waals surface area contributed by atoms with Crippen LogP contribution in [0.15, 0.2) is 24.3 Å². The summed E-state index contributed by atoms with van der Waals surface area (Å²) < 4.78 is 13.3. The number of halogens is 1. The van der Waals surface area contributed by atoms with Crippen molar-refractivity contribution in [2.45, 2.75) is 70.8 Å². The predicted octanol–water partition coefficient (Wildman–Crippen LogP) is 5.10. The molecule has 1 aromatic rings. The normalized spacial score (nSPS) is 17.8. The molecule has 1 unspecified atom stereocenters. The van der Waals surface area contributed by atoms with Crippen LogP contribution in [0.2, 0.25) is 0 Å². The molecule has 21 heavy (non-hydrogen) atoms. The standard InChI is InChI=1S/C19H30FN/c1-2-13-21-19(12-11-16-7-4-3-5-8-16)15-17-9-6-10-18(20)14-17/h6,9-10,14,16,19,21H,2-5,7-8,11-13,15H2,1H3. The lowest BCUT2D eigenvalue weighted by Gasteiger charge is -2.25. The van der Waals surface area contributed by atoms with Crippen molar-refractivity contribution in [2.75, 3.05) is 6.54 Å². The highest BCUT2D eigenvalue weighted by atomic mass is 19.1. The summed E-state index contributed by atoms with van der Waals surface area (Å²) in [7, 11) is 0. The third-order valence-corrected chi connectivity index (χ3v) is 4.70. The molecule has 2 heteroatoms. The van der Waals surface area contributed by atoms with Gasteiger partial charge in [0.25, 0.3) is 0 Å². The zero-order chi connectivity index (χ0) is 14.9. The van der Waals surface area contributed by atoms with Gasteiger partial charge < -0.3 is 5.32 Å². The lowest BCUT2D eigenvalue weighted by Crippen LogP contribution is -2.32. The molecule has 118 valence electrons. The van der Waals surface area contributed by atoms with E-state index in [2.05, 4.69) is 12.2 Å². The topological polar surface area (TPSA) is 12.0 Å². The van der Waals surface area contributed by atoms with E-state index < -0.39 is 0 Å². The van der Waals surface area contributed by atoms with Gasteiger partial charge in [-0.3, -0.25) is 0 Å². The summed E-state index contributed by atoms with van der Waals surface area (Å²) in [6.45, 7) is 3.26. The van der Waals surface area contributed by atoms with Gasteiger partial charge in [-0.1, -0.05) is 51.2 Å². The number of benzene rings is 1. The predicted molar refractivity (Wildman–Crippen MR) is 88.0 cm³/mol. The van der Waals surface area contributed by atoms with Gasteiger partial charge in [-0.05, 0) is 55.8 Å². The first-order chi connectivity index (χ1) is 10.3. The molecule has 0 radical (unpaired) electrons. The second-order valence-electron chi connectivity index (χ2n) is 6.57. The molecule has 0 aliphatic heterocycles. The van der Waals surface area contributed by atoms with Crippen LogP contribution in [0.3, 0.4) is 0 Å². The number of nitrogens with one attached hydrogen (secondary N) is 1. The minimum absolute atomic E-state index is 0.117. The summed E-state index contributed by atoms with van der Waals surface area (Å²) in [5.74, 6) is 0.811. The van der Waals surface area contributed by atoms with Gasteiger partial charge >= 0.3 is 0 Å². The SMILES string of the molecule is CCCNC(CCC1CCCCC1)Cc1cccc(F)c1. The Labute approximate surface area is 129 Å². The van der Waals surface area contributed by atoms with Crippen molar-refractivity contribution in [3.8, 4) is 0 Å². The van der Waals surface area contributed by atoms with Gasteiger partial charge in [-0.15, -0.1) is 0 Å². The molecule has 0 bridgehead atoms. The Balaban J connectivity index is 1.84. The molecule has 1 aromatic carbocycles. The first kappa shape index (κ1) is 16.5. The van der Waals surface area contributed by atoms with Crippen molar-refractivity contribution in [3.05, 3.63) is 35.6 Å². The molecule has 1 aliphatic carbocycles. The molecule has 0 amide bonds. The Morgan fingerprint density at radius 1 is 1.24 bits per heavy atom. The molecule has 0 heterocycles. The Kier molecular flexibility index (Phi) is 7.21. The van der Waals surface area contributed by atoms with Crippen LogP contribution in [-0.2, 0) is 6.42 Å². The maximum absolute atomic E-state index is 13.3. The maximum Gasteiger partial charge on any atom is 0.123 e. The van der Waals surface area contributed by atoms with E-state index >= 15 is 0 Å². The first-order valence-corrected chi connectivity index (χ1v) is 8.75. The highest BCUT2D eigenvalue weighted by Gasteiger charge is 2.16. The monoisotopic (exact) mass is 291 g/mol. The molecule has 2 rings (SSSR count). The third kappa shape index (κ3) is 6.17. The average molecular weight is 291 g/mol. The fraction of sp³-hybridized carbons (Fsp3) is 0.684. The maximum atomic E-state index is 13.3. The first-order valence-electron chi connectivity index (χ1n) is 8.75. The Bertz CT molecular complexity index is 398. The van der Waals surface area contributed by atoms with E-state index in [1.165, 1.54) is 51.0 Å². The van der Waals surface area contributed by atoms with Crippen molar-refractivity contribution in [1.82, 2.24) is 5.32 Å². The van der Waals surface area contributed by atoms with Crippen molar-refractivity contribution < 1.29 is 4.39 Å². The van der Waals surface area contributed by atoms with Crippen LogP contribution in [-0.4, -0.2) is 12.6 Å². The molecular weight excluding hydrogens is 261 g/mol. The molecule has 1 N–H and O–H groups in total. The molecule has 0 saturated heterocycles. The highest BCUT2D eigenvalue weighted by molar-refractivity contribution is 5.17. The van der Waals surface area contributed by atoms with E-state index in [1.807, 2.05) is 12.1 Å². The van der Waals surface area contributed by atoms with Crippen LogP contribution in [0.4, 0.5) is 4.39 Å². The van der Waals surface area contributed by atoms with Gasteiger partial charge in [-0.25, -0.2) is 4.39 Å². The quantitative estimate of drug-likeness (QED) is 0.703. The van der Waals surface area contributed by atoms with Gasteiger partial charge in [0.15, 0.2) is 0 Å². The highest BCUT2D eigenvalue weighted by Crippen LogP contribution is 2.28. The minimum atomic E-state index is -0.117. The molecule has 1 atom stereocenters. The van der Waals surface area contributed by atoms with Gasteiger partial charge in [0.2, 0.25) is 0 Å². The second kappa shape index (κ2) is 9.19. The molecule has 1 saturated carbocycles. The zero-order valence-corrected chi connectivity index (χ0v) is 13.4. The van der Waals surface area contributed by atoms with E-state index in [1.54, 1.807) is 6.07 Å². The van der Waals surface area contributed by atoms with Crippen LogP contribution in [0.25, 0.3) is 0 Å². The van der Waals surface area contributed by atoms with Crippen LogP contribution in [0.1, 0.15) is 63.9 Å². The summed E-state index contributed by atoms with van der Waals surface area (Å²) in [5.41, 5.74) is 1.12. The summed E-state index contributed by atoms with van der Waals surface area (Å²) in [6.07, 6.45) is 11.8. The van der Waals surface area contributed by atoms with Crippen molar-refractivity contribution in [3.63, 3.8) is 0 Å². The van der Waals surface area contributed by atoms with Gasteiger partial charge in [0.05, 0.1) is 0 Å². The molecule has 1 fully saturated rings. The third-order valence-electron chi connectivity index (χ3n) is 4.70. The van der Waals surface area contributed by atoms with Gasteiger partial charge in [0, 0.05) is 6.04 Å². The van der Waals surface area contributed by atoms with Crippen LogP contribution in [0, 0.1) is 11.7 Å². The number of rotatable bonds is 8. The Morgan fingerprint density at radius 3 is 2.76 bits per heavy atom. The van der Waals surface area contributed by atoms with E-state index in [0.717, 1.165) is 30.9 Å². The summed E-state index contributed by atoms with van der Waals surface area (Å²) in [4.78, 5) is 0. The van der Waals surface area contributed by atoms with Crippen molar-refractivity contribution in [1.29, 1.82) is 0 Å². The Hall–Kier alpha value is -0.890. The van der Waals surface area contributed by atoms with Crippen molar-refractivity contribution in [2.24, 2.45) is 5.92 Å². The van der Waals surface area contributed by atoms with Crippen LogP contribution < -0.4 is 5.32 Å². The van der Waals surface area contributed by atoms with Crippen LogP contribution >= 0.6 is 0 Å². The molecule has 0 aromatic heterocycles. The number of hydrogen-bond acceptors (Lipinski definition) is 1. The van der Waals surface area contributed by atoms with E-state index in [0.29, 0.717) is 6.04 Å². The van der Waals surface area contributed by atoms with E-state index in [4.69, 9.17) is 0 Å². The fourth-order valence-corrected chi connectivity index (χ4v) is 3.49. The molecule has 0 spiro atoms. The molecular formula is C19H30FN. The zero-order valence-electron chi connectivity index (χ0n) is 13.4. The van der Waals surface area contributed by atoms with E-state index in [9.17, 15) is 4.39 Å². The molecule has 1 nitrogen and oxygen atoms in total. The average Bonchev–Trinajstić information content (AvgIpc) is 2.51. The van der Waals surface area contributed by atoms with Gasteiger partial charge in [0.1, 0.15) is 5.82 Å². The number of hydrogen-bond donors (Lipinski definition) is 1. The largest absolute Gasteiger partial charge is 0.314 e. The van der Waals surface area contributed by atoms with E-state index in [-0.39, 0.29) is 5.82 Å². The van der Waals surface area contributed by atoms with Gasteiger partial charge in [-0.2, -0.15) is 0 Å². The Morgan fingerprint density at radius 2 is 2.05 bits per heavy atom. The fourth-order valence-electron chi connectivity index (χ4n) is 3.49. The van der Waals surface area contributed by atoms with Crippen molar-refractivity contribution >= 4 is 0 Å².